The minimum absolute atomic E-state index is 0.0757. The third-order valence-electron chi connectivity index (χ3n) is 2.45. The molecule has 3 nitrogen and oxygen atoms in total. The molecule has 0 aliphatic rings. The van der Waals surface area contributed by atoms with Gasteiger partial charge in [-0.15, -0.1) is 0 Å². The van der Waals surface area contributed by atoms with Crippen LogP contribution in [0.25, 0.3) is 0 Å². The summed E-state index contributed by atoms with van der Waals surface area (Å²) in [5.74, 6) is -0.0757. The Bertz CT molecular complexity index is 398. The molecular formula is C12H16BrClN2O. The Morgan fingerprint density at radius 2 is 2.24 bits per heavy atom. The molecule has 1 aromatic carbocycles. The molecule has 0 aliphatic heterocycles. The van der Waals surface area contributed by atoms with Gasteiger partial charge in [0.15, 0.2) is 0 Å². The van der Waals surface area contributed by atoms with Crippen LogP contribution >= 0.6 is 27.5 Å². The lowest BCUT2D eigenvalue weighted by atomic mass is 10.2. The summed E-state index contributed by atoms with van der Waals surface area (Å²) in [7, 11) is 0. The summed E-state index contributed by atoms with van der Waals surface area (Å²) in [5.41, 5.74) is 0.688. The Hall–Kier alpha value is -0.580. The zero-order valence-electron chi connectivity index (χ0n) is 9.89. The van der Waals surface area contributed by atoms with E-state index >= 15 is 0 Å². The van der Waals surface area contributed by atoms with Gasteiger partial charge in [-0.05, 0) is 41.4 Å². The first-order chi connectivity index (χ1) is 8.04. The number of nitrogens with one attached hydrogen (secondary N) is 2. The second-order valence-corrected chi connectivity index (χ2v) is 5.04. The third kappa shape index (κ3) is 4.66. The van der Waals surface area contributed by atoms with Crippen LogP contribution in [-0.2, 0) is 4.79 Å². The normalized spacial score (nSPS) is 12.2. The van der Waals surface area contributed by atoms with Gasteiger partial charge in [-0.1, -0.05) is 24.6 Å². The Morgan fingerprint density at radius 3 is 2.88 bits per heavy atom. The molecule has 0 aliphatic carbocycles. The van der Waals surface area contributed by atoms with Crippen molar-refractivity contribution in [3.8, 4) is 0 Å². The largest absolute Gasteiger partial charge is 0.324 e. The first kappa shape index (κ1) is 14.5. The maximum atomic E-state index is 11.7. The Labute approximate surface area is 115 Å². The van der Waals surface area contributed by atoms with E-state index in [9.17, 15) is 4.79 Å². The van der Waals surface area contributed by atoms with E-state index in [1.54, 1.807) is 18.2 Å². The highest BCUT2D eigenvalue weighted by Gasteiger charge is 2.08. The van der Waals surface area contributed by atoms with Gasteiger partial charge in [0.2, 0.25) is 5.91 Å². The monoisotopic (exact) mass is 318 g/mol. The van der Waals surface area contributed by atoms with Crippen molar-refractivity contribution in [1.29, 1.82) is 0 Å². The molecule has 1 atom stereocenters. The molecule has 0 saturated heterocycles. The highest BCUT2D eigenvalue weighted by Crippen LogP contribution is 2.29. The van der Waals surface area contributed by atoms with Crippen molar-refractivity contribution in [2.75, 3.05) is 11.9 Å². The molecule has 0 aromatic heterocycles. The predicted molar refractivity (Wildman–Crippen MR) is 75.5 cm³/mol. The molecule has 2 N–H and O–H groups in total. The third-order valence-corrected chi connectivity index (χ3v) is 3.85. The molecule has 0 radical (unpaired) electrons. The molecule has 1 unspecified atom stereocenters. The number of carbonyl (C=O) groups excluding carboxylic acids is 1. The van der Waals surface area contributed by atoms with Gasteiger partial charge in [0.05, 0.1) is 21.7 Å². The number of hydrogen-bond acceptors (Lipinski definition) is 2. The van der Waals surface area contributed by atoms with Crippen molar-refractivity contribution in [3.05, 3.63) is 27.7 Å². The fourth-order valence-corrected chi connectivity index (χ4v) is 1.74. The number of benzene rings is 1. The molecule has 0 heterocycles. The van der Waals surface area contributed by atoms with Crippen LogP contribution in [0.15, 0.2) is 22.7 Å². The molecule has 0 saturated carbocycles. The summed E-state index contributed by atoms with van der Waals surface area (Å²) < 4.78 is 0.707. The standard InChI is InChI=1S/C12H16BrClN2O/c1-3-8(2)15-7-11(17)16-10-6-4-5-9(14)12(10)13/h4-6,8,15H,3,7H2,1-2H3,(H,16,17). The summed E-state index contributed by atoms with van der Waals surface area (Å²) in [4.78, 5) is 11.7. The van der Waals surface area contributed by atoms with Gasteiger partial charge in [-0.25, -0.2) is 0 Å². The molecule has 17 heavy (non-hydrogen) atoms. The number of hydrogen-bond donors (Lipinski definition) is 2. The number of anilines is 1. The van der Waals surface area contributed by atoms with Crippen LogP contribution in [0.3, 0.4) is 0 Å². The van der Waals surface area contributed by atoms with E-state index in [1.807, 2.05) is 6.92 Å². The zero-order valence-corrected chi connectivity index (χ0v) is 12.2. The van der Waals surface area contributed by atoms with Crippen molar-refractivity contribution >= 4 is 39.1 Å². The highest BCUT2D eigenvalue weighted by atomic mass is 79.9. The minimum Gasteiger partial charge on any atom is -0.324 e. The van der Waals surface area contributed by atoms with Gasteiger partial charge < -0.3 is 10.6 Å². The summed E-state index contributed by atoms with van der Waals surface area (Å²) in [6.07, 6.45) is 0.994. The van der Waals surface area contributed by atoms with Gasteiger partial charge in [-0.3, -0.25) is 4.79 Å². The smallest absolute Gasteiger partial charge is 0.238 e. The minimum atomic E-state index is -0.0757. The van der Waals surface area contributed by atoms with Crippen LogP contribution < -0.4 is 10.6 Å². The van der Waals surface area contributed by atoms with Gasteiger partial charge >= 0.3 is 0 Å². The fourth-order valence-electron chi connectivity index (χ4n) is 1.21. The lowest BCUT2D eigenvalue weighted by Gasteiger charge is -2.12. The van der Waals surface area contributed by atoms with Gasteiger partial charge in [0.1, 0.15) is 0 Å². The fraction of sp³-hybridized carbons (Fsp3) is 0.417. The van der Waals surface area contributed by atoms with E-state index in [2.05, 4.69) is 33.5 Å². The average molecular weight is 320 g/mol. The van der Waals surface area contributed by atoms with E-state index < -0.39 is 0 Å². The molecule has 0 fully saturated rings. The van der Waals surface area contributed by atoms with E-state index in [0.717, 1.165) is 6.42 Å². The summed E-state index contributed by atoms with van der Waals surface area (Å²) >= 11 is 9.27. The molecule has 0 bridgehead atoms. The summed E-state index contributed by atoms with van der Waals surface area (Å²) in [6, 6.07) is 5.70. The van der Waals surface area contributed by atoms with Crippen molar-refractivity contribution in [2.45, 2.75) is 26.3 Å². The Kier molecular flexibility index (Phi) is 5.95. The molecule has 0 spiro atoms. The van der Waals surface area contributed by atoms with E-state index in [-0.39, 0.29) is 5.91 Å². The number of amides is 1. The maximum Gasteiger partial charge on any atom is 0.238 e. The molecule has 1 aromatic rings. The molecular weight excluding hydrogens is 304 g/mol. The SMILES string of the molecule is CCC(C)NCC(=O)Nc1cccc(Cl)c1Br. The second-order valence-electron chi connectivity index (χ2n) is 3.84. The topological polar surface area (TPSA) is 41.1 Å². The molecule has 94 valence electrons. The highest BCUT2D eigenvalue weighted by molar-refractivity contribution is 9.10. The van der Waals surface area contributed by atoms with E-state index in [0.29, 0.717) is 27.8 Å². The number of rotatable bonds is 5. The zero-order chi connectivity index (χ0) is 12.8. The summed E-state index contributed by atoms with van der Waals surface area (Å²) in [5, 5.41) is 6.50. The molecule has 1 rings (SSSR count). The first-order valence-corrected chi connectivity index (χ1v) is 6.69. The van der Waals surface area contributed by atoms with Crippen LogP contribution in [-0.4, -0.2) is 18.5 Å². The van der Waals surface area contributed by atoms with E-state index in [4.69, 9.17) is 11.6 Å². The van der Waals surface area contributed by atoms with Crippen molar-refractivity contribution in [1.82, 2.24) is 5.32 Å². The van der Waals surface area contributed by atoms with Crippen molar-refractivity contribution < 1.29 is 4.79 Å². The van der Waals surface area contributed by atoms with E-state index in [1.165, 1.54) is 0 Å². The number of carbonyl (C=O) groups is 1. The molecule has 5 heteroatoms. The Morgan fingerprint density at radius 1 is 1.53 bits per heavy atom. The van der Waals surface area contributed by atoms with Gasteiger partial charge in [-0.2, -0.15) is 0 Å². The quantitative estimate of drug-likeness (QED) is 0.873. The van der Waals surface area contributed by atoms with Crippen LogP contribution in [0.2, 0.25) is 5.02 Å². The van der Waals surface area contributed by atoms with Crippen molar-refractivity contribution in [2.24, 2.45) is 0 Å². The average Bonchev–Trinajstić information content (AvgIpc) is 2.32. The van der Waals surface area contributed by atoms with Gasteiger partial charge in [0.25, 0.3) is 0 Å². The second kappa shape index (κ2) is 6.99. The lowest BCUT2D eigenvalue weighted by Crippen LogP contribution is -2.34. The van der Waals surface area contributed by atoms with Crippen molar-refractivity contribution in [3.63, 3.8) is 0 Å². The number of halogens is 2. The first-order valence-electron chi connectivity index (χ1n) is 5.51. The van der Waals surface area contributed by atoms with Gasteiger partial charge in [0, 0.05) is 6.04 Å². The Balaban J connectivity index is 2.54. The lowest BCUT2D eigenvalue weighted by molar-refractivity contribution is -0.115. The van der Waals surface area contributed by atoms with Crippen LogP contribution in [0.1, 0.15) is 20.3 Å². The van der Waals surface area contributed by atoms with Crippen LogP contribution in [0.4, 0.5) is 5.69 Å². The van der Waals surface area contributed by atoms with Crippen LogP contribution in [0.5, 0.6) is 0 Å². The summed E-state index contributed by atoms with van der Waals surface area (Å²) in [6.45, 7) is 4.42. The predicted octanol–water partition coefficient (Wildman–Crippen LogP) is 3.43. The maximum absolute atomic E-state index is 11.7. The molecule has 1 amide bonds. The van der Waals surface area contributed by atoms with Crippen LogP contribution in [0, 0.1) is 0 Å².